The van der Waals surface area contributed by atoms with E-state index >= 15 is 0 Å². The van der Waals surface area contributed by atoms with Gasteiger partial charge in [0.25, 0.3) is 0 Å². The highest BCUT2D eigenvalue weighted by atomic mass is 35.5. The molecule has 1 N–H and O–H groups in total. The van der Waals surface area contributed by atoms with Crippen molar-refractivity contribution in [3.8, 4) is 5.75 Å². The molecule has 2 aromatic carbocycles. The number of carbonyl (C=O) groups excluding carboxylic acids is 1. The Kier molecular flexibility index (Phi) is 5.86. The molecule has 0 fully saturated rings. The molecule has 0 saturated heterocycles. The Balaban J connectivity index is 1.88. The van der Waals surface area contributed by atoms with Crippen molar-refractivity contribution in [1.29, 1.82) is 0 Å². The molecule has 0 aromatic heterocycles. The van der Waals surface area contributed by atoms with Gasteiger partial charge in [-0.2, -0.15) is 0 Å². The first-order valence-corrected chi connectivity index (χ1v) is 7.08. The highest BCUT2D eigenvalue weighted by Crippen LogP contribution is 2.24. The minimum Gasteiger partial charge on any atom is -0.487 e. The standard InChI is InChI=1S/C17H16ClNO3/c1-2-11-21-17(20)19-14-9-7-13(8-10-14)12-22-16-6-4-3-5-15(16)18/h2-10H,1,11-12H2,(H,19,20). The Hall–Kier alpha value is -2.46. The van der Waals surface area contributed by atoms with Gasteiger partial charge in [-0.1, -0.05) is 48.5 Å². The Bertz CT molecular complexity index is 641. The second kappa shape index (κ2) is 8.10. The molecule has 0 bridgehead atoms. The lowest BCUT2D eigenvalue weighted by molar-refractivity contribution is 0.174. The zero-order valence-electron chi connectivity index (χ0n) is 11.9. The summed E-state index contributed by atoms with van der Waals surface area (Å²) in [5, 5.41) is 3.19. The normalized spacial score (nSPS) is 9.86. The smallest absolute Gasteiger partial charge is 0.411 e. The van der Waals surface area contributed by atoms with Crippen LogP contribution in [0.5, 0.6) is 5.75 Å². The molecule has 0 radical (unpaired) electrons. The number of hydrogen-bond acceptors (Lipinski definition) is 3. The topological polar surface area (TPSA) is 47.6 Å². The molecular formula is C17H16ClNO3. The summed E-state index contributed by atoms with van der Waals surface area (Å²) in [6.07, 6.45) is 0.995. The Morgan fingerprint density at radius 2 is 1.91 bits per heavy atom. The monoisotopic (exact) mass is 317 g/mol. The first-order valence-electron chi connectivity index (χ1n) is 6.70. The Morgan fingerprint density at radius 3 is 2.59 bits per heavy atom. The van der Waals surface area contributed by atoms with Crippen LogP contribution in [0.4, 0.5) is 10.5 Å². The first-order chi connectivity index (χ1) is 10.7. The van der Waals surface area contributed by atoms with E-state index < -0.39 is 6.09 Å². The minimum absolute atomic E-state index is 0.176. The maximum Gasteiger partial charge on any atom is 0.411 e. The average molecular weight is 318 g/mol. The highest BCUT2D eigenvalue weighted by molar-refractivity contribution is 6.32. The number of halogens is 1. The van der Waals surface area contributed by atoms with Crippen molar-refractivity contribution in [2.75, 3.05) is 11.9 Å². The predicted octanol–water partition coefficient (Wildman–Crippen LogP) is 4.65. The van der Waals surface area contributed by atoms with Gasteiger partial charge in [0.1, 0.15) is 19.0 Å². The Labute approximate surface area is 134 Å². The third kappa shape index (κ3) is 4.82. The lowest BCUT2D eigenvalue weighted by Crippen LogP contribution is -2.13. The molecule has 1 amide bonds. The van der Waals surface area contributed by atoms with Crippen LogP contribution in [-0.2, 0) is 11.3 Å². The number of benzene rings is 2. The molecule has 4 nitrogen and oxygen atoms in total. The maximum atomic E-state index is 11.4. The lowest BCUT2D eigenvalue weighted by atomic mass is 10.2. The molecule has 0 aliphatic heterocycles. The minimum atomic E-state index is -0.514. The molecule has 0 atom stereocenters. The molecule has 0 aliphatic rings. The summed E-state index contributed by atoms with van der Waals surface area (Å²) in [4.78, 5) is 11.4. The van der Waals surface area contributed by atoms with E-state index in [0.717, 1.165) is 5.56 Å². The van der Waals surface area contributed by atoms with Crippen molar-refractivity contribution in [3.05, 3.63) is 71.8 Å². The van der Waals surface area contributed by atoms with Gasteiger partial charge in [0.2, 0.25) is 0 Å². The van der Waals surface area contributed by atoms with Gasteiger partial charge in [-0.3, -0.25) is 5.32 Å². The number of amides is 1. The molecule has 114 valence electrons. The SMILES string of the molecule is C=CCOC(=O)Nc1ccc(COc2ccccc2Cl)cc1. The summed E-state index contributed by atoms with van der Waals surface area (Å²) in [5.41, 5.74) is 1.61. The molecule has 0 heterocycles. The van der Waals surface area contributed by atoms with Crippen LogP contribution in [0.2, 0.25) is 5.02 Å². The fourth-order valence-electron chi connectivity index (χ4n) is 1.70. The van der Waals surface area contributed by atoms with Crippen molar-refractivity contribution in [2.45, 2.75) is 6.61 Å². The van der Waals surface area contributed by atoms with Gasteiger partial charge in [-0.15, -0.1) is 0 Å². The van der Waals surface area contributed by atoms with Gasteiger partial charge >= 0.3 is 6.09 Å². The third-order valence-electron chi connectivity index (χ3n) is 2.76. The van der Waals surface area contributed by atoms with E-state index in [-0.39, 0.29) is 6.61 Å². The summed E-state index contributed by atoms with van der Waals surface area (Å²) >= 11 is 6.02. The number of hydrogen-bond donors (Lipinski definition) is 1. The van der Waals surface area contributed by atoms with Crippen molar-refractivity contribution >= 4 is 23.4 Å². The van der Waals surface area contributed by atoms with Crippen LogP contribution in [0.25, 0.3) is 0 Å². The molecule has 0 aliphatic carbocycles. The van der Waals surface area contributed by atoms with E-state index in [4.69, 9.17) is 21.1 Å². The molecule has 0 spiro atoms. The van der Waals surface area contributed by atoms with Crippen molar-refractivity contribution < 1.29 is 14.3 Å². The zero-order chi connectivity index (χ0) is 15.8. The predicted molar refractivity (Wildman–Crippen MR) is 87.4 cm³/mol. The van der Waals surface area contributed by atoms with E-state index in [9.17, 15) is 4.79 Å². The number of nitrogens with one attached hydrogen (secondary N) is 1. The Morgan fingerprint density at radius 1 is 1.18 bits per heavy atom. The van der Waals surface area contributed by atoms with Gasteiger partial charge in [0.05, 0.1) is 5.02 Å². The molecule has 0 unspecified atom stereocenters. The van der Waals surface area contributed by atoms with Crippen molar-refractivity contribution in [2.24, 2.45) is 0 Å². The van der Waals surface area contributed by atoms with Gasteiger partial charge in [-0.25, -0.2) is 4.79 Å². The maximum absolute atomic E-state index is 11.4. The van der Waals surface area contributed by atoms with Crippen LogP contribution >= 0.6 is 11.6 Å². The van der Waals surface area contributed by atoms with E-state index in [2.05, 4.69) is 11.9 Å². The molecule has 2 rings (SSSR count). The van der Waals surface area contributed by atoms with Crippen LogP contribution in [0.1, 0.15) is 5.56 Å². The van der Waals surface area contributed by atoms with Gasteiger partial charge < -0.3 is 9.47 Å². The average Bonchev–Trinajstić information content (AvgIpc) is 2.53. The van der Waals surface area contributed by atoms with E-state index in [0.29, 0.717) is 23.1 Å². The third-order valence-corrected chi connectivity index (χ3v) is 3.08. The van der Waals surface area contributed by atoms with E-state index in [1.54, 1.807) is 18.2 Å². The molecule has 2 aromatic rings. The number of rotatable bonds is 6. The van der Waals surface area contributed by atoms with Crippen LogP contribution in [0.15, 0.2) is 61.2 Å². The summed E-state index contributed by atoms with van der Waals surface area (Å²) in [6.45, 7) is 4.04. The number of anilines is 1. The van der Waals surface area contributed by atoms with Gasteiger partial charge in [-0.05, 0) is 29.8 Å². The summed E-state index contributed by atoms with van der Waals surface area (Å²) in [6, 6.07) is 14.6. The van der Waals surface area contributed by atoms with Crippen molar-refractivity contribution in [3.63, 3.8) is 0 Å². The molecule has 0 saturated carbocycles. The second-order valence-electron chi connectivity index (χ2n) is 4.43. The molecule has 22 heavy (non-hydrogen) atoms. The molecular weight excluding hydrogens is 302 g/mol. The summed E-state index contributed by atoms with van der Waals surface area (Å²) < 4.78 is 10.5. The molecule has 5 heteroatoms. The van der Waals surface area contributed by atoms with Crippen LogP contribution in [-0.4, -0.2) is 12.7 Å². The van der Waals surface area contributed by atoms with Crippen LogP contribution in [0.3, 0.4) is 0 Å². The van der Waals surface area contributed by atoms with Gasteiger partial charge in [0, 0.05) is 5.69 Å². The fourth-order valence-corrected chi connectivity index (χ4v) is 1.89. The lowest BCUT2D eigenvalue weighted by Gasteiger charge is -2.09. The number of para-hydroxylation sites is 1. The van der Waals surface area contributed by atoms with E-state index in [1.165, 1.54) is 6.08 Å². The second-order valence-corrected chi connectivity index (χ2v) is 4.84. The van der Waals surface area contributed by atoms with Crippen LogP contribution in [0, 0.1) is 0 Å². The summed E-state index contributed by atoms with van der Waals surface area (Å²) in [5.74, 6) is 0.638. The quantitative estimate of drug-likeness (QED) is 0.789. The largest absolute Gasteiger partial charge is 0.487 e. The zero-order valence-corrected chi connectivity index (χ0v) is 12.7. The summed E-state index contributed by atoms with van der Waals surface area (Å²) in [7, 11) is 0. The van der Waals surface area contributed by atoms with Crippen molar-refractivity contribution in [1.82, 2.24) is 0 Å². The first kappa shape index (κ1) is 15.9. The number of ether oxygens (including phenoxy) is 2. The van der Waals surface area contributed by atoms with E-state index in [1.807, 2.05) is 30.3 Å². The van der Waals surface area contributed by atoms with Crippen LogP contribution < -0.4 is 10.1 Å². The van der Waals surface area contributed by atoms with Gasteiger partial charge in [0.15, 0.2) is 0 Å². The fraction of sp³-hybridized carbons (Fsp3) is 0.118. The highest BCUT2D eigenvalue weighted by Gasteiger charge is 2.03. The number of carbonyl (C=O) groups is 1.